The van der Waals surface area contributed by atoms with E-state index in [2.05, 4.69) is 50.6 Å². The highest BCUT2D eigenvalue weighted by molar-refractivity contribution is 6.04. The fourth-order valence-corrected chi connectivity index (χ4v) is 5.08. The summed E-state index contributed by atoms with van der Waals surface area (Å²) in [6.07, 6.45) is 0. The molecule has 1 saturated heterocycles. The average Bonchev–Trinajstić information content (AvgIpc) is 3.03. The van der Waals surface area contributed by atoms with Crippen molar-refractivity contribution in [2.45, 2.75) is 13.8 Å². The standard InChI is InChI=1S/C32H42N6O4/c1-5-36(6-2)18-17-33-31(39)27-23-25(35-32(40)34-24-11-14-26(41-3)15-12-24)13-16-28(27)37-19-21-38(22-20-37)29-9-7-8-10-30(29)42-4/h7-16,23H,5-6,17-22H2,1-4H3,(H,33,39)(H2,34,35,40). The highest BCUT2D eigenvalue weighted by Crippen LogP contribution is 2.31. The maximum Gasteiger partial charge on any atom is 0.323 e. The van der Waals surface area contributed by atoms with Crippen LogP contribution in [0.1, 0.15) is 24.2 Å². The Morgan fingerprint density at radius 2 is 1.40 bits per heavy atom. The zero-order valence-electron chi connectivity index (χ0n) is 25.0. The molecule has 0 unspecified atom stereocenters. The number of hydrogen-bond donors (Lipinski definition) is 3. The first-order valence-corrected chi connectivity index (χ1v) is 14.4. The Morgan fingerprint density at radius 1 is 0.786 bits per heavy atom. The summed E-state index contributed by atoms with van der Waals surface area (Å²) in [5.74, 6) is 1.39. The van der Waals surface area contributed by atoms with Gasteiger partial charge in [0.05, 0.1) is 25.5 Å². The Morgan fingerprint density at radius 3 is 2.05 bits per heavy atom. The molecule has 224 valence electrons. The number of nitrogens with zero attached hydrogens (tertiary/aromatic N) is 3. The molecule has 0 radical (unpaired) electrons. The van der Waals surface area contributed by atoms with Crippen molar-refractivity contribution in [3.63, 3.8) is 0 Å². The first kappa shape index (κ1) is 30.5. The zero-order chi connectivity index (χ0) is 29.9. The smallest absolute Gasteiger partial charge is 0.323 e. The van der Waals surface area contributed by atoms with E-state index >= 15 is 0 Å². The highest BCUT2D eigenvalue weighted by Gasteiger charge is 2.24. The van der Waals surface area contributed by atoms with Crippen molar-refractivity contribution in [3.05, 3.63) is 72.3 Å². The van der Waals surface area contributed by atoms with Crippen LogP contribution >= 0.6 is 0 Å². The normalized spacial score (nSPS) is 13.1. The van der Waals surface area contributed by atoms with Gasteiger partial charge in [0, 0.05) is 56.3 Å². The SMILES string of the molecule is CCN(CC)CCNC(=O)c1cc(NC(=O)Nc2ccc(OC)cc2)ccc1N1CCN(c2ccccc2OC)CC1. The van der Waals surface area contributed by atoms with E-state index in [4.69, 9.17) is 9.47 Å². The Bertz CT molecular complexity index is 1320. The number of amides is 3. The predicted molar refractivity (Wildman–Crippen MR) is 170 cm³/mol. The maximum absolute atomic E-state index is 13.5. The summed E-state index contributed by atoms with van der Waals surface area (Å²) >= 11 is 0. The monoisotopic (exact) mass is 574 g/mol. The van der Waals surface area contributed by atoms with Crippen LogP contribution in [0.3, 0.4) is 0 Å². The van der Waals surface area contributed by atoms with Crippen molar-refractivity contribution in [2.24, 2.45) is 0 Å². The van der Waals surface area contributed by atoms with E-state index in [-0.39, 0.29) is 5.91 Å². The second-order valence-corrected chi connectivity index (χ2v) is 9.97. The largest absolute Gasteiger partial charge is 0.497 e. The van der Waals surface area contributed by atoms with Crippen LogP contribution in [0.25, 0.3) is 0 Å². The highest BCUT2D eigenvalue weighted by atomic mass is 16.5. The molecule has 3 N–H and O–H groups in total. The van der Waals surface area contributed by atoms with Gasteiger partial charge in [-0.05, 0) is 67.7 Å². The Labute approximate surface area is 248 Å². The van der Waals surface area contributed by atoms with Gasteiger partial charge in [0.25, 0.3) is 5.91 Å². The van der Waals surface area contributed by atoms with E-state index in [1.807, 2.05) is 30.3 Å². The molecule has 0 spiro atoms. The molecule has 3 aromatic carbocycles. The van der Waals surface area contributed by atoms with E-state index in [0.29, 0.717) is 29.2 Å². The molecule has 10 nitrogen and oxygen atoms in total. The van der Waals surface area contributed by atoms with Crippen LogP contribution in [0.2, 0.25) is 0 Å². The molecule has 3 amide bonds. The van der Waals surface area contributed by atoms with E-state index in [1.54, 1.807) is 44.6 Å². The van der Waals surface area contributed by atoms with Gasteiger partial charge < -0.3 is 40.1 Å². The third-order valence-electron chi connectivity index (χ3n) is 7.50. The number of hydrogen-bond acceptors (Lipinski definition) is 7. The number of rotatable bonds is 12. The number of carbonyl (C=O) groups is 2. The van der Waals surface area contributed by atoms with E-state index < -0.39 is 6.03 Å². The molecule has 1 fully saturated rings. The summed E-state index contributed by atoms with van der Waals surface area (Å²) < 4.78 is 10.7. The summed E-state index contributed by atoms with van der Waals surface area (Å²) in [6, 6.07) is 20.2. The second kappa shape index (κ2) is 15.0. The molecule has 1 heterocycles. The molecule has 0 atom stereocenters. The molecule has 10 heteroatoms. The van der Waals surface area contributed by atoms with Crippen LogP contribution in [-0.2, 0) is 0 Å². The maximum atomic E-state index is 13.5. The lowest BCUT2D eigenvalue weighted by molar-refractivity contribution is 0.0949. The lowest BCUT2D eigenvalue weighted by Crippen LogP contribution is -2.47. The van der Waals surface area contributed by atoms with Gasteiger partial charge in [-0.1, -0.05) is 26.0 Å². The molecule has 0 bridgehead atoms. The van der Waals surface area contributed by atoms with Crippen LogP contribution in [0.15, 0.2) is 66.7 Å². The van der Waals surface area contributed by atoms with Crippen LogP contribution < -0.4 is 35.2 Å². The lowest BCUT2D eigenvalue weighted by atomic mass is 10.1. The minimum absolute atomic E-state index is 0.163. The van der Waals surface area contributed by atoms with Gasteiger partial charge in [-0.25, -0.2) is 4.79 Å². The topological polar surface area (TPSA) is 98.4 Å². The van der Waals surface area contributed by atoms with Crippen molar-refractivity contribution in [3.8, 4) is 11.5 Å². The fraction of sp³-hybridized carbons (Fsp3) is 0.375. The van der Waals surface area contributed by atoms with Crippen LogP contribution in [0.4, 0.5) is 27.5 Å². The molecule has 4 rings (SSSR count). The van der Waals surface area contributed by atoms with Gasteiger partial charge in [0.15, 0.2) is 0 Å². The number of nitrogens with one attached hydrogen (secondary N) is 3. The first-order valence-electron chi connectivity index (χ1n) is 14.4. The summed E-state index contributed by atoms with van der Waals surface area (Å²) in [4.78, 5) is 33.1. The van der Waals surface area contributed by atoms with Gasteiger partial charge in [0.1, 0.15) is 11.5 Å². The number of anilines is 4. The number of urea groups is 1. The van der Waals surface area contributed by atoms with Crippen molar-refractivity contribution in [1.29, 1.82) is 0 Å². The van der Waals surface area contributed by atoms with Crippen LogP contribution in [-0.4, -0.2) is 83.4 Å². The van der Waals surface area contributed by atoms with Crippen molar-refractivity contribution < 1.29 is 19.1 Å². The lowest BCUT2D eigenvalue weighted by Gasteiger charge is -2.38. The zero-order valence-corrected chi connectivity index (χ0v) is 25.0. The minimum Gasteiger partial charge on any atom is -0.497 e. The predicted octanol–water partition coefficient (Wildman–Crippen LogP) is 4.75. The van der Waals surface area contributed by atoms with Crippen LogP contribution in [0, 0.1) is 0 Å². The molecule has 0 aromatic heterocycles. The minimum atomic E-state index is -0.397. The summed E-state index contributed by atoms with van der Waals surface area (Å²) in [5, 5.41) is 8.77. The Hall–Kier alpha value is -4.44. The van der Waals surface area contributed by atoms with Crippen molar-refractivity contribution >= 4 is 34.7 Å². The third kappa shape index (κ3) is 7.85. The van der Waals surface area contributed by atoms with E-state index in [0.717, 1.165) is 62.9 Å². The quantitative estimate of drug-likeness (QED) is 0.287. The Kier molecular flexibility index (Phi) is 10.9. The third-order valence-corrected chi connectivity index (χ3v) is 7.50. The second-order valence-electron chi connectivity index (χ2n) is 9.97. The van der Waals surface area contributed by atoms with Crippen LogP contribution in [0.5, 0.6) is 11.5 Å². The van der Waals surface area contributed by atoms with E-state index in [1.165, 1.54) is 0 Å². The first-order chi connectivity index (χ1) is 20.4. The number of benzene rings is 3. The van der Waals surface area contributed by atoms with Gasteiger partial charge in [0.2, 0.25) is 0 Å². The number of piperazine rings is 1. The van der Waals surface area contributed by atoms with Gasteiger partial charge >= 0.3 is 6.03 Å². The van der Waals surface area contributed by atoms with Gasteiger partial charge in [-0.2, -0.15) is 0 Å². The number of para-hydroxylation sites is 2. The van der Waals surface area contributed by atoms with Gasteiger partial charge in [-0.3, -0.25) is 4.79 Å². The number of methoxy groups -OCH3 is 2. The molecule has 0 aliphatic carbocycles. The molecule has 3 aromatic rings. The molecule has 1 aliphatic rings. The molecule has 0 saturated carbocycles. The molecule has 1 aliphatic heterocycles. The Balaban J connectivity index is 1.49. The van der Waals surface area contributed by atoms with Crippen molar-refractivity contribution in [2.75, 3.05) is 87.0 Å². The summed E-state index contributed by atoms with van der Waals surface area (Å²) in [6.45, 7) is 10.4. The van der Waals surface area contributed by atoms with Crippen molar-refractivity contribution in [1.82, 2.24) is 10.2 Å². The van der Waals surface area contributed by atoms with Gasteiger partial charge in [-0.15, -0.1) is 0 Å². The summed E-state index contributed by atoms with van der Waals surface area (Å²) in [5.41, 5.74) is 3.61. The number of carbonyl (C=O) groups excluding carboxylic acids is 2. The van der Waals surface area contributed by atoms with E-state index in [9.17, 15) is 9.59 Å². The average molecular weight is 575 g/mol. The number of ether oxygens (including phenoxy) is 2. The molecule has 42 heavy (non-hydrogen) atoms. The fourth-order valence-electron chi connectivity index (χ4n) is 5.08. The molecular weight excluding hydrogens is 532 g/mol. The molecular formula is C32H42N6O4. The number of likely N-dealkylation sites (N-methyl/N-ethyl adjacent to an activating group) is 1. The summed E-state index contributed by atoms with van der Waals surface area (Å²) in [7, 11) is 3.28.